The maximum Gasteiger partial charge on any atom is 0.135 e. The summed E-state index contributed by atoms with van der Waals surface area (Å²) in [5.74, 6) is 0. The van der Waals surface area contributed by atoms with Crippen LogP contribution in [-0.4, -0.2) is 9.13 Å². The predicted octanol–water partition coefficient (Wildman–Crippen LogP) is 16.2. The molecule has 0 aliphatic rings. The second-order valence-corrected chi connectivity index (χ2v) is 16.5. The van der Waals surface area contributed by atoms with Crippen LogP contribution in [0, 0.1) is 0 Å². The molecule has 14 aromatic rings. The smallest absolute Gasteiger partial charge is 0.135 e. The van der Waals surface area contributed by atoms with Crippen molar-refractivity contribution in [1.29, 1.82) is 0 Å². The van der Waals surface area contributed by atoms with Gasteiger partial charge in [-0.1, -0.05) is 109 Å². The second-order valence-electron chi connectivity index (χ2n) is 16.5. The molecule has 14 rings (SSSR count). The van der Waals surface area contributed by atoms with E-state index in [0.29, 0.717) is 0 Å². The Balaban J connectivity index is 0.921. The lowest BCUT2D eigenvalue weighted by atomic mass is 9.92. The van der Waals surface area contributed by atoms with Crippen LogP contribution in [0.15, 0.2) is 215 Å². The normalized spacial score (nSPS) is 12.2. The Labute approximate surface area is 354 Å². The Bertz CT molecular complexity index is 4070. The highest BCUT2D eigenvalue weighted by molar-refractivity contribution is 6.13. The van der Waals surface area contributed by atoms with Crippen molar-refractivity contribution in [2.75, 3.05) is 0 Å². The van der Waals surface area contributed by atoms with Gasteiger partial charge in [0.25, 0.3) is 0 Å². The lowest BCUT2D eigenvalue weighted by Gasteiger charge is -2.12. The van der Waals surface area contributed by atoms with Crippen LogP contribution in [0.25, 0.3) is 132 Å². The number of aromatic nitrogens is 2. The Morgan fingerprint density at radius 1 is 0.258 bits per heavy atom. The Morgan fingerprint density at radius 3 is 1.15 bits per heavy atom. The van der Waals surface area contributed by atoms with Crippen LogP contribution in [0.1, 0.15) is 0 Å². The number of hydrogen-bond donors (Lipinski definition) is 0. The third kappa shape index (κ3) is 4.77. The summed E-state index contributed by atoms with van der Waals surface area (Å²) in [6, 6.07) is 74.4. The van der Waals surface area contributed by atoms with Gasteiger partial charge in [0.05, 0.1) is 22.1 Å². The number of fused-ring (bicyclic) bond motifs is 13. The molecule has 0 bridgehead atoms. The van der Waals surface area contributed by atoms with E-state index in [2.05, 4.69) is 215 Å². The molecule has 0 spiro atoms. The molecule has 0 saturated heterocycles. The van der Waals surface area contributed by atoms with E-state index in [4.69, 9.17) is 8.83 Å². The van der Waals surface area contributed by atoms with Gasteiger partial charge in [0.1, 0.15) is 22.3 Å². The summed E-state index contributed by atoms with van der Waals surface area (Å²) in [5, 5.41) is 11.8. The minimum atomic E-state index is 0.876. The molecule has 4 aromatic heterocycles. The van der Waals surface area contributed by atoms with E-state index in [9.17, 15) is 0 Å². The highest BCUT2D eigenvalue weighted by atomic mass is 16.3. The molecule has 4 nitrogen and oxygen atoms in total. The van der Waals surface area contributed by atoms with E-state index in [1.54, 1.807) is 0 Å². The van der Waals surface area contributed by atoms with E-state index >= 15 is 0 Å². The number of furan rings is 2. The average molecular weight is 791 g/mol. The van der Waals surface area contributed by atoms with Crippen LogP contribution >= 0.6 is 0 Å². The summed E-state index contributed by atoms with van der Waals surface area (Å²) in [7, 11) is 0. The Morgan fingerprint density at radius 2 is 0.645 bits per heavy atom. The summed E-state index contributed by atoms with van der Waals surface area (Å²) in [6.45, 7) is 0. The predicted molar refractivity (Wildman–Crippen MR) is 258 cm³/mol. The van der Waals surface area contributed by atoms with Crippen molar-refractivity contribution in [1.82, 2.24) is 9.13 Å². The fourth-order valence-corrected chi connectivity index (χ4v) is 10.3. The highest BCUT2D eigenvalue weighted by Crippen LogP contribution is 2.42. The molecule has 0 aliphatic heterocycles. The van der Waals surface area contributed by atoms with Crippen LogP contribution in [0.4, 0.5) is 0 Å². The van der Waals surface area contributed by atoms with Crippen LogP contribution < -0.4 is 0 Å². The van der Waals surface area contributed by atoms with Crippen molar-refractivity contribution in [3.8, 4) is 33.6 Å². The van der Waals surface area contributed by atoms with Crippen LogP contribution in [0.2, 0.25) is 0 Å². The van der Waals surface area contributed by atoms with Gasteiger partial charge in [-0.25, -0.2) is 0 Å². The summed E-state index contributed by atoms with van der Waals surface area (Å²) in [5.41, 5.74) is 15.1. The molecule has 0 N–H and O–H groups in total. The Hall–Kier alpha value is -8.34. The Kier molecular flexibility index (Phi) is 6.80. The minimum Gasteiger partial charge on any atom is -0.456 e. The number of para-hydroxylation sites is 4. The van der Waals surface area contributed by atoms with Gasteiger partial charge in [-0.3, -0.25) is 0 Å². The van der Waals surface area contributed by atoms with Crippen molar-refractivity contribution in [2.24, 2.45) is 0 Å². The molecule has 4 heterocycles. The summed E-state index contributed by atoms with van der Waals surface area (Å²) < 4.78 is 17.7. The molecule has 10 aromatic carbocycles. The maximum atomic E-state index is 6.49. The SMILES string of the molecule is c1ccc2c(-c3ccc4oc5ccc(-n6c7ccccc7c7ccccc76)cc5c4c3)cc(-c3ccc4oc5ccc(-n6c7ccccc7c7ccccc76)cc5c4c3)cc2c1. The molecule has 0 saturated carbocycles. The molecule has 288 valence electrons. The maximum absolute atomic E-state index is 6.49. The molecular weight excluding hydrogens is 757 g/mol. The summed E-state index contributed by atoms with van der Waals surface area (Å²) >= 11 is 0. The first kappa shape index (κ1) is 33.5. The van der Waals surface area contributed by atoms with E-state index in [0.717, 1.165) is 71.9 Å². The van der Waals surface area contributed by atoms with Crippen LogP contribution in [0.3, 0.4) is 0 Å². The van der Waals surface area contributed by atoms with Crippen LogP contribution in [0.5, 0.6) is 0 Å². The molecule has 0 aliphatic carbocycles. The first-order chi connectivity index (χ1) is 30.7. The van der Waals surface area contributed by atoms with Crippen molar-refractivity contribution in [3.63, 3.8) is 0 Å². The molecule has 0 atom stereocenters. The van der Waals surface area contributed by atoms with Gasteiger partial charge in [-0.2, -0.15) is 0 Å². The van der Waals surface area contributed by atoms with Gasteiger partial charge >= 0.3 is 0 Å². The third-order valence-corrected chi connectivity index (χ3v) is 13.1. The zero-order chi connectivity index (χ0) is 40.5. The minimum absolute atomic E-state index is 0.876. The largest absolute Gasteiger partial charge is 0.456 e. The molecule has 4 heteroatoms. The zero-order valence-electron chi connectivity index (χ0n) is 33.3. The quantitative estimate of drug-likeness (QED) is 0.178. The van der Waals surface area contributed by atoms with Crippen molar-refractivity contribution in [3.05, 3.63) is 206 Å². The van der Waals surface area contributed by atoms with Crippen molar-refractivity contribution < 1.29 is 8.83 Å². The summed E-state index contributed by atoms with van der Waals surface area (Å²) in [4.78, 5) is 0. The second kappa shape index (κ2) is 12.6. The van der Waals surface area contributed by atoms with Crippen molar-refractivity contribution in [2.45, 2.75) is 0 Å². The number of rotatable bonds is 4. The van der Waals surface area contributed by atoms with Gasteiger partial charge < -0.3 is 18.0 Å². The molecular formula is C58H34N2O2. The first-order valence-corrected chi connectivity index (χ1v) is 21.2. The standard InChI is InChI=1S/C58H34N2O2/c1-2-12-41-36(11-1)29-38(35-21-25-55-47(30-35)49-33-39(23-27-57(49)61-55)59-51-17-7-3-13-42(51)43-14-4-8-18-52(43)59)32-46(41)37-22-26-56-48(31-37)50-34-40(24-28-58(50)62-56)60-53-19-9-5-15-44(53)45-16-6-10-20-54(45)60/h1-34H. The summed E-state index contributed by atoms with van der Waals surface area (Å²) in [6.07, 6.45) is 0. The van der Waals surface area contributed by atoms with Gasteiger partial charge in [0.2, 0.25) is 0 Å². The molecule has 0 unspecified atom stereocenters. The monoisotopic (exact) mass is 790 g/mol. The van der Waals surface area contributed by atoms with Crippen molar-refractivity contribution >= 4 is 98.3 Å². The van der Waals surface area contributed by atoms with E-state index in [-0.39, 0.29) is 0 Å². The van der Waals surface area contributed by atoms with E-state index in [1.165, 1.54) is 59.9 Å². The number of nitrogens with zero attached hydrogens (tertiary/aromatic N) is 2. The third-order valence-electron chi connectivity index (χ3n) is 13.1. The van der Waals surface area contributed by atoms with E-state index < -0.39 is 0 Å². The van der Waals surface area contributed by atoms with Gasteiger partial charge in [0, 0.05) is 54.5 Å². The van der Waals surface area contributed by atoms with Gasteiger partial charge in [-0.15, -0.1) is 0 Å². The van der Waals surface area contributed by atoms with Gasteiger partial charge in [0.15, 0.2) is 0 Å². The highest BCUT2D eigenvalue weighted by Gasteiger charge is 2.18. The number of hydrogen-bond acceptors (Lipinski definition) is 2. The lowest BCUT2D eigenvalue weighted by Crippen LogP contribution is -1.93. The topological polar surface area (TPSA) is 36.1 Å². The average Bonchev–Trinajstić information content (AvgIpc) is 4.08. The number of benzene rings is 10. The van der Waals surface area contributed by atoms with E-state index in [1.807, 2.05) is 0 Å². The fraction of sp³-hybridized carbons (Fsp3) is 0. The molecule has 0 amide bonds. The fourth-order valence-electron chi connectivity index (χ4n) is 10.3. The van der Waals surface area contributed by atoms with Crippen LogP contribution in [-0.2, 0) is 0 Å². The molecule has 62 heavy (non-hydrogen) atoms. The van der Waals surface area contributed by atoms with Gasteiger partial charge in [-0.05, 0) is 130 Å². The molecule has 0 radical (unpaired) electrons. The zero-order valence-corrected chi connectivity index (χ0v) is 33.3. The molecule has 0 fully saturated rings. The lowest BCUT2D eigenvalue weighted by molar-refractivity contribution is 0.668. The first-order valence-electron chi connectivity index (χ1n) is 21.2.